The second-order valence-corrected chi connectivity index (χ2v) is 12.0. The zero-order valence-corrected chi connectivity index (χ0v) is 22.9. The average molecular weight is 526 g/mol. The van der Waals surface area contributed by atoms with Crippen molar-refractivity contribution in [2.75, 3.05) is 31.1 Å². The number of carbonyl (C=O) groups excluding carboxylic acids is 3. The number of aromatic nitrogens is 2. The number of nitrogens with one attached hydrogen (secondary N) is 1. The van der Waals surface area contributed by atoms with Gasteiger partial charge in [-0.3, -0.25) is 24.0 Å². The Morgan fingerprint density at radius 1 is 0.947 bits per heavy atom. The van der Waals surface area contributed by atoms with E-state index in [0.29, 0.717) is 18.3 Å². The summed E-state index contributed by atoms with van der Waals surface area (Å²) < 4.78 is 8.72. The van der Waals surface area contributed by atoms with E-state index in [1.807, 2.05) is 37.8 Å². The third kappa shape index (κ3) is 5.05. The molecule has 0 spiro atoms. The van der Waals surface area contributed by atoms with E-state index in [4.69, 9.17) is 4.74 Å². The number of benzene rings is 1. The first kappa shape index (κ1) is 26.3. The first-order chi connectivity index (χ1) is 18.0. The van der Waals surface area contributed by atoms with Crippen molar-refractivity contribution in [1.82, 2.24) is 19.4 Å². The third-order valence-electron chi connectivity index (χ3n) is 8.34. The minimum absolute atomic E-state index is 0.214. The fraction of sp³-hybridized carbons (Fsp3) is 0.643. The molecule has 3 fully saturated rings. The van der Waals surface area contributed by atoms with Crippen molar-refractivity contribution in [3.63, 3.8) is 0 Å². The van der Waals surface area contributed by atoms with E-state index in [1.54, 1.807) is 16.2 Å². The van der Waals surface area contributed by atoms with Gasteiger partial charge in [-0.15, -0.1) is 0 Å². The number of amides is 3. The monoisotopic (exact) mass is 525 g/mol. The molecule has 3 aliphatic rings. The molecule has 206 valence electrons. The largest absolute Gasteiger partial charge is 0.444 e. The highest BCUT2D eigenvalue weighted by molar-refractivity contribution is 6.00. The molecule has 1 aromatic heterocycles. The van der Waals surface area contributed by atoms with Crippen LogP contribution in [0.2, 0.25) is 0 Å². The van der Waals surface area contributed by atoms with Gasteiger partial charge in [0.1, 0.15) is 11.6 Å². The molecule has 10 heteroatoms. The fourth-order valence-corrected chi connectivity index (χ4v) is 6.39. The minimum atomic E-state index is -0.684. The van der Waals surface area contributed by atoms with E-state index in [9.17, 15) is 19.2 Å². The zero-order valence-electron chi connectivity index (χ0n) is 22.9. The molecule has 1 unspecified atom stereocenters. The molecule has 0 radical (unpaired) electrons. The Hall–Kier alpha value is -3.30. The average Bonchev–Trinajstić information content (AvgIpc) is 3.13. The molecule has 0 saturated carbocycles. The van der Waals surface area contributed by atoms with Crippen LogP contribution in [0.15, 0.2) is 23.0 Å². The van der Waals surface area contributed by atoms with Gasteiger partial charge in [0.15, 0.2) is 0 Å². The molecule has 1 N–H and O–H groups in total. The first-order valence-electron chi connectivity index (χ1n) is 13.8. The van der Waals surface area contributed by atoms with E-state index in [0.717, 1.165) is 68.6 Å². The number of para-hydroxylation sites is 1. The molecule has 0 bridgehead atoms. The highest BCUT2D eigenvalue weighted by Gasteiger charge is 2.34. The van der Waals surface area contributed by atoms with Crippen LogP contribution in [-0.2, 0) is 21.4 Å². The highest BCUT2D eigenvalue weighted by atomic mass is 16.6. The third-order valence-corrected chi connectivity index (χ3v) is 8.34. The quantitative estimate of drug-likeness (QED) is 0.617. The predicted octanol–water partition coefficient (Wildman–Crippen LogP) is 3.18. The normalized spacial score (nSPS) is 22.2. The maximum atomic E-state index is 13.3. The topological polar surface area (TPSA) is 106 Å². The number of imide groups is 1. The number of fused-ring (bicyclic) bond motifs is 1. The summed E-state index contributed by atoms with van der Waals surface area (Å²) in [6.07, 6.45) is 4.47. The van der Waals surface area contributed by atoms with Crippen molar-refractivity contribution in [2.45, 2.75) is 70.9 Å². The molecular weight excluding hydrogens is 486 g/mol. The van der Waals surface area contributed by atoms with Gasteiger partial charge in [-0.05, 0) is 76.8 Å². The molecule has 10 nitrogen and oxygen atoms in total. The Labute approximate surface area is 222 Å². The van der Waals surface area contributed by atoms with E-state index >= 15 is 0 Å². The maximum absolute atomic E-state index is 13.3. The first-order valence-corrected chi connectivity index (χ1v) is 13.8. The van der Waals surface area contributed by atoms with Gasteiger partial charge in [0.05, 0.1) is 16.7 Å². The number of imidazole rings is 1. The molecular formula is C28H39N5O5. The molecule has 3 aliphatic heterocycles. The number of aryl methyl sites for hydroxylation is 1. The number of likely N-dealkylation sites (tertiary alicyclic amines) is 1. The molecule has 1 atom stereocenters. The van der Waals surface area contributed by atoms with Crippen molar-refractivity contribution < 1.29 is 19.1 Å². The van der Waals surface area contributed by atoms with Crippen molar-refractivity contribution in [1.29, 1.82) is 0 Å². The fourth-order valence-electron chi connectivity index (χ4n) is 6.39. The summed E-state index contributed by atoms with van der Waals surface area (Å²) in [6.45, 7) is 8.97. The predicted molar refractivity (Wildman–Crippen MR) is 144 cm³/mol. The summed E-state index contributed by atoms with van der Waals surface area (Å²) in [7, 11) is 1.75. The van der Waals surface area contributed by atoms with Gasteiger partial charge in [-0.1, -0.05) is 6.07 Å². The minimum Gasteiger partial charge on any atom is -0.444 e. The standard InChI is InChI=1S/C28H39N5O5/c1-28(2,3)38-27(37)32-16-12-19(13-17-32)18-10-14-31(15-11-18)20-6-5-7-21-24(20)30(4)26(36)33(21)22-8-9-23(34)29-25(22)35/h5-7,18-19,22H,8-17H2,1-4H3,(H,29,34,35). The van der Waals surface area contributed by atoms with Gasteiger partial charge in [0.2, 0.25) is 11.8 Å². The second kappa shape index (κ2) is 10.1. The number of piperidine rings is 3. The summed E-state index contributed by atoms with van der Waals surface area (Å²) in [6, 6.07) is 5.19. The van der Waals surface area contributed by atoms with Crippen molar-refractivity contribution in [2.24, 2.45) is 18.9 Å². The lowest BCUT2D eigenvalue weighted by Crippen LogP contribution is -2.44. The zero-order chi connectivity index (χ0) is 27.2. The van der Waals surface area contributed by atoms with Gasteiger partial charge in [0.25, 0.3) is 0 Å². The summed E-state index contributed by atoms with van der Waals surface area (Å²) >= 11 is 0. The van der Waals surface area contributed by atoms with Crippen molar-refractivity contribution >= 4 is 34.6 Å². The maximum Gasteiger partial charge on any atom is 0.410 e. The van der Waals surface area contributed by atoms with E-state index < -0.39 is 17.6 Å². The number of anilines is 1. The lowest BCUT2D eigenvalue weighted by Gasteiger charge is -2.41. The molecule has 5 rings (SSSR count). The molecule has 4 heterocycles. The van der Waals surface area contributed by atoms with Crippen LogP contribution in [0.4, 0.5) is 10.5 Å². The number of hydrogen-bond acceptors (Lipinski definition) is 6. The SMILES string of the molecule is Cn1c(=O)n(C2CCC(=O)NC2=O)c2cccc(N3CCC(C4CCN(C(=O)OC(C)(C)C)CC4)CC3)c21. The molecule has 3 saturated heterocycles. The highest BCUT2D eigenvalue weighted by Crippen LogP contribution is 2.36. The van der Waals surface area contributed by atoms with Crippen molar-refractivity contribution in [3.8, 4) is 0 Å². The van der Waals surface area contributed by atoms with E-state index in [2.05, 4.69) is 16.3 Å². The van der Waals surface area contributed by atoms with Gasteiger partial charge >= 0.3 is 11.8 Å². The molecule has 3 amide bonds. The summed E-state index contributed by atoms with van der Waals surface area (Å²) in [5.41, 5.74) is 1.84. The number of ether oxygens (including phenoxy) is 1. The molecule has 38 heavy (non-hydrogen) atoms. The summed E-state index contributed by atoms with van der Waals surface area (Å²) in [5, 5.41) is 2.38. The Kier molecular flexibility index (Phi) is 7.00. The number of hydrogen-bond donors (Lipinski definition) is 1. The lowest BCUT2D eigenvalue weighted by molar-refractivity contribution is -0.135. The van der Waals surface area contributed by atoms with Crippen LogP contribution in [0, 0.1) is 11.8 Å². The van der Waals surface area contributed by atoms with Gasteiger partial charge < -0.3 is 14.5 Å². The van der Waals surface area contributed by atoms with E-state index in [-0.39, 0.29) is 24.1 Å². The van der Waals surface area contributed by atoms with Crippen LogP contribution in [0.3, 0.4) is 0 Å². The van der Waals surface area contributed by atoms with Crippen LogP contribution in [0.1, 0.15) is 65.3 Å². The van der Waals surface area contributed by atoms with Crippen LogP contribution < -0.4 is 15.9 Å². The Morgan fingerprint density at radius 2 is 1.58 bits per heavy atom. The lowest BCUT2D eigenvalue weighted by atomic mass is 9.79. The second-order valence-electron chi connectivity index (χ2n) is 12.0. The van der Waals surface area contributed by atoms with Crippen molar-refractivity contribution in [3.05, 3.63) is 28.7 Å². The van der Waals surface area contributed by atoms with Gasteiger partial charge in [0, 0.05) is 39.6 Å². The smallest absolute Gasteiger partial charge is 0.410 e. The number of nitrogens with zero attached hydrogens (tertiary/aromatic N) is 4. The van der Waals surface area contributed by atoms with Crippen LogP contribution in [0.25, 0.3) is 11.0 Å². The van der Waals surface area contributed by atoms with Crippen LogP contribution >= 0.6 is 0 Å². The molecule has 2 aromatic rings. The van der Waals surface area contributed by atoms with Gasteiger partial charge in [-0.25, -0.2) is 9.59 Å². The molecule has 0 aliphatic carbocycles. The summed E-state index contributed by atoms with van der Waals surface area (Å²) in [5.74, 6) is 0.506. The number of carbonyl (C=O) groups is 3. The van der Waals surface area contributed by atoms with E-state index in [1.165, 1.54) is 0 Å². The Bertz CT molecular complexity index is 1290. The van der Waals surface area contributed by atoms with Crippen LogP contribution in [0.5, 0.6) is 0 Å². The van der Waals surface area contributed by atoms with Gasteiger partial charge in [-0.2, -0.15) is 0 Å². The Morgan fingerprint density at radius 3 is 2.18 bits per heavy atom. The molecule has 1 aromatic carbocycles. The Balaban J connectivity index is 1.26. The van der Waals surface area contributed by atoms with Crippen LogP contribution in [-0.4, -0.2) is 63.7 Å². The number of rotatable bonds is 3. The summed E-state index contributed by atoms with van der Waals surface area (Å²) in [4.78, 5) is 54.1.